The summed E-state index contributed by atoms with van der Waals surface area (Å²) in [5.74, 6) is 0.492. The maximum absolute atomic E-state index is 12.0. The molecule has 0 saturated heterocycles. The average molecular weight is 260 g/mol. The Morgan fingerprint density at radius 1 is 1.28 bits per heavy atom. The van der Waals surface area contributed by atoms with E-state index in [0.717, 1.165) is 13.0 Å². The molecular formula is C14H32N2O2. The lowest BCUT2D eigenvalue weighted by Crippen LogP contribution is -2.50. The smallest absolute Gasteiger partial charge is 0.242 e. The van der Waals surface area contributed by atoms with Crippen LogP contribution in [0.4, 0.5) is 0 Å². The molecule has 0 rings (SSSR count). The Hall–Kier alpha value is -0.610. The monoisotopic (exact) mass is 260 g/mol. The third-order valence-electron chi connectivity index (χ3n) is 3.09. The molecule has 0 aliphatic heterocycles. The van der Waals surface area contributed by atoms with E-state index < -0.39 is 6.04 Å². The van der Waals surface area contributed by atoms with Gasteiger partial charge in [0.1, 0.15) is 6.04 Å². The van der Waals surface area contributed by atoms with Crippen LogP contribution in [-0.2, 0) is 9.53 Å². The zero-order chi connectivity index (χ0) is 14.7. The number of rotatable bonds is 7. The minimum atomic E-state index is -0.561. The van der Waals surface area contributed by atoms with E-state index in [1.165, 1.54) is 0 Å². The van der Waals surface area contributed by atoms with Crippen molar-refractivity contribution in [1.29, 1.82) is 0 Å². The summed E-state index contributed by atoms with van der Waals surface area (Å²) in [6.07, 6.45) is 0.831. The molecule has 0 fully saturated rings. The second-order valence-corrected chi connectivity index (χ2v) is 4.36. The summed E-state index contributed by atoms with van der Waals surface area (Å²) in [6.45, 7) is 13.5. The Morgan fingerprint density at radius 3 is 2.11 bits per heavy atom. The van der Waals surface area contributed by atoms with Crippen LogP contribution in [0.1, 0.15) is 48.0 Å². The molecule has 0 spiro atoms. The molecule has 3 unspecified atom stereocenters. The number of nitrogens with zero attached hydrogens (tertiary/aromatic N) is 1. The van der Waals surface area contributed by atoms with E-state index in [4.69, 9.17) is 10.5 Å². The minimum Gasteiger partial charge on any atom is -0.380 e. The fraction of sp³-hybridized carbons (Fsp3) is 0.929. The Bertz CT molecular complexity index is 210. The van der Waals surface area contributed by atoms with Crippen molar-refractivity contribution in [2.45, 2.75) is 60.1 Å². The van der Waals surface area contributed by atoms with Gasteiger partial charge in [0, 0.05) is 20.2 Å². The fourth-order valence-corrected chi connectivity index (χ4v) is 1.44. The quantitative estimate of drug-likeness (QED) is 0.764. The molecule has 3 atom stereocenters. The van der Waals surface area contributed by atoms with Crippen molar-refractivity contribution in [2.24, 2.45) is 11.7 Å². The van der Waals surface area contributed by atoms with Crippen LogP contribution < -0.4 is 5.73 Å². The highest BCUT2D eigenvalue weighted by molar-refractivity contribution is 5.82. The molecule has 0 aromatic carbocycles. The van der Waals surface area contributed by atoms with Crippen molar-refractivity contribution in [2.75, 3.05) is 20.2 Å². The van der Waals surface area contributed by atoms with Gasteiger partial charge < -0.3 is 15.4 Å². The number of hydrogen-bond acceptors (Lipinski definition) is 3. The summed E-state index contributed by atoms with van der Waals surface area (Å²) in [4.78, 5) is 13.9. The number of ether oxygens (including phenoxy) is 1. The summed E-state index contributed by atoms with van der Waals surface area (Å²) in [6, 6.07) is -0.561. The van der Waals surface area contributed by atoms with Crippen molar-refractivity contribution in [3.8, 4) is 0 Å². The molecule has 110 valence electrons. The normalized spacial score (nSPS) is 15.1. The van der Waals surface area contributed by atoms with Crippen LogP contribution in [0.5, 0.6) is 0 Å². The van der Waals surface area contributed by atoms with Gasteiger partial charge in [-0.1, -0.05) is 34.1 Å². The van der Waals surface area contributed by atoms with Gasteiger partial charge in [0.2, 0.25) is 5.91 Å². The number of amides is 1. The predicted molar refractivity (Wildman–Crippen MR) is 77.5 cm³/mol. The SMILES string of the molecule is CC.CCC(C)CN(CC)C(=O)C(N)C(C)OC. The highest BCUT2D eigenvalue weighted by atomic mass is 16.5. The van der Waals surface area contributed by atoms with E-state index in [0.29, 0.717) is 12.5 Å². The molecule has 0 aromatic rings. The first kappa shape index (κ1) is 19.7. The Morgan fingerprint density at radius 2 is 1.78 bits per heavy atom. The fourth-order valence-electron chi connectivity index (χ4n) is 1.44. The van der Waals surface area contributed by atoms with E-state index in [9.17, 15) is 4.79 Å². The number of likely N-dealkylation sites (N-methyl/N-ethyl adjacent to an activating group) is 1. The Kier molecular flexibility index (Phi) is 12.6. The molecular weight excluding hydrogens is 228 g/mol. The van der Waals surface area contributed by atoms with Crippen LogP contribution >= 0.6 is 0 Å². The molecule has 0 heterocycles. The van der Waals surface area contributed by atoms with Gasteiger partial charge in [-0.05, 0) is 19.8 Å². The molecule has 4 nitrogen and oxygen atoms in total. The highest BCUT2D eigenvalue weighted by Gasteiger charge is 2.25. The van der Waals surface area contributed by atoms with Crippen LogP contribution in [0.25, 0.3) is 0 Å². The average Bonchev–Trinajstić information content (AvgIpc) is 2.43. The first-order valence-electron chi connectivity index (χ1n) is 7.04. The van der Waals surface area contributed by atoms with E-state index in [1.807, 2.05) is 32.6 Å². The zero-order valence-electron chi connectivity index (χ0n) is 13.2. The second kappa shape index (κ2) is 11.5. The van der Waals surface area contributed by atoms with E-state index in [1.54, 1.807) is 7.11 Å². The third-order valence-corrected chi connectivity index (χ3v) is 3.09. The van der Waals surface area contributed by atoms with Crippen molar-refractivity contribution in [3.63, 3.8) is 0 Å². The summed E-state index contributed by atoms with van der Waals surface area (Å²) < 4.78 is 5.09. The second-order valence-electron chi connectivity index (χ2n) is 4.36. The Balaban J connectivity index is 0. The van der Waals surface area contributed by atoms with Crippen molar-refractivity contribution in [3.05, 3.63) is 0 Å². The van der Waals surface area contributed by atoms with Crippen LogP contribution in [0.15, 0.2) is 0 Å². The summed E-state index contributed by atoms with van der Waals surface area (Å²) >= 11 is 0. The van der Waals surface area contributed by atoms with Gasteiger partial charge in [0.25, 0.3) is 0 Å². The van der Waals surface area contributed by atoms with Gasteiger partial charge in [0.15, 0.2) is 0 Å². The highest BCUT2D eigenvalue weighted by Crippen LogP contribution is 2.07. The number of hydrogen-bond donors (Lipinski definition) is 1. The van der Waals surface area contributed by atoms with Gasteiger partial charge in [-0.2, -0.15) is 0 Å². The van der Waals surface area contributed by atoms with Gasteiger partial charge in [-0.15, -0.1) is 0 Å². The predicted octanol–water partition coefficient (Wildman–Crippen LogP) is 2.27. The van der Waals surface area contributed by atoms with Crippen molar-refractivity contribution in [1.82, 2.24) is 4.90 Å². The molecule has 0 aromatic heterocycles. The first-order valence-corrected chi connectivity index (χ1v) is 7.04. The molecule has 1 amide bonds. The zero-order valence-corrected chi connectivity index (χ0v) is 13.2. The Labute approximate surface area is 113 Å². The molecule has 0 bridgehead atoms. The molecule has 0 aliphatic rings. The number of nitrogens with two attached hydrogens (primary N) is 1. The molecule has 0 radical (unpaired) electrons. The maximum Gasteiger partial charge on any atom is 0.242 e. The van der Waals surface area contributed by atoms with Crippen LogP contribution in [0.3, 0.4) is 0 Å². The van der Waals surface area contributed by atoms with E-state index in [-0.39, 0.29) is 12.0 Å². The lowest BCUT2D eigenvalue weighted by atomic mass is 10.1. The van der Waals surface area contributed by atoms with Gasteiger partial charge in [-0.3, -0.25) is 4.79 Å². The minimum absolute atomic E-state index is 0.0165. The summed E-state index contributed by atoms with van der Waals surface area (Å²) in [7, 11) is 1.57. The van der Waals surface area contributed by atoms with Crippen molar-refractivity contribution >= 4 is 5.91 Å². The van der Waals surface area contributed by atoms with Crippen LogP contribution in [-0.4, -0.2) is 43.2 Å². The van der Waals surface area contributed by atoms with Gasteiger partial charge in [0.05, 0.1) is 6.10 Å². The number of carbonyl (C=O) groups excluding carboxylic acids is 1. The summed E-state index contributed by atoms with van der Waals surface area (Å²) in [5.41, 5.74) is 5.85. The molecule has 2 N–H and O–H groups in total. The first-order chi connectivity index (χ1) is 8.47. The molecule has 18 heavy (non-hydrogen) atoms. The largest absolute Gasteiger partial charge is 0.380 e. The van der Waals surface area contributed by atoms with E-state index >= 15 is 0 Å². The standard InChI is InChI=1S/C12H26N2O2.C2H6/c1-6-9(3)8-14(7-2)12(15)11(13)10(4)16-5;1-2/h9-11H,6-8,13H2,1-5H3;1-2H3. The maximum atomic E-state index is 12.0. The number of carbonyl (C=O) groups is 1. The van der Waals surface area contributed by atoms with Crippen molar-refractivity contribution < 1.29 is 9.53 Å². The van der Waals surface area contributed by atoms with Crippen LogP contribution in [0.2, 0.25) is 0 Å². The molecule has 0 saturated carbocycles. The van der Waals surface area contributed by atoms with E-state index in [2.05, 4.69) is 13.8 Å². The topological polar surface area (TPSA) is 55.6 Å². The lowest BCUT2D eigenvalue weighted by molar-refractivity contribution is -0.135. The molecule has 4 heteroatoms. The summed E-state index contributed by atoms with van der Waals surface area (Å²) in [5, 5.41) is 0. The molecule has 0 aliphatic carbocycles. The van der Waals surface area contributed by atoms with Gasteiger partial charge in [-0.25, -0.2) is 0 Å². The number of methoxy groups -OCH3 is 1. The van der Waals surface area contributed by atoms with Gasteiger partial charge >= 0.3 is 0 Å². The lowest BCUT2D eigenvalue weighted by Gasteiger charge is -2.28. The third kappa shape index (κ3) is 6.97. The van der Waals surface area contributed by atoms with Crippen LogP contribution in [0, 0.1) is 5.92 Å².